The summed E-state index contributed by atoms with van der Waals surface area (Å²) < 4.78 is 0. The molecule has 0 heteroatoms. The van der Waals surface area contributed by atoms with Gasteiger partial charge in [0, 0.05) is 0 Å². The standard InChI is InChI=1S/C21H24/c1-2-7-19-13-14-20-16-18(12-15-21(19)20)11-6-10-17-8-4-3-5-9-17/h3-5,8-9,12-16,18H,2,6-7,10-11H2,1H3. The number of hydrogen-bond acceptors (Lipinski definition) is 0. The molecule has 0 bridgehead atoms. The molecule has 108 valence electrons. The monoisotopic (exact) mass is 276 g/mol. The molecule has 1 unspecified atom stereocenters. The summed E-state index contributed by atoms with van der Waals surface area (Å²) in [6.45, 7) is 2.25. The molecule has 1 aromatic rings. The second-order valence-electron chi connectivity index (χ2n) is 6.05. The van der Waals surface area contributed by atoms with Gasteiger partial charge in [0.1, 0.15) is 0 Å². The average Bonchev–Trinajstić information content (AvgIpc) is 2.91. The van der Waals surface area contributed by atoms with Gasteiger partial charge in [-0.3, -0.25) is 0 Å². The number of allylic oxidation sites excluding steroid dienone is 8. The Kier molecular flexibility index (Phi) is 4.55. The molecule has 0 saturated carbocycles. The summed E-state index contributed by atoms with van der Waals surface area (Å²) in [6.07, 6.45) is 17.9. The summed E-state index contributed by atoms with van der Waals surface area (Å²) in [4.78, 5) is 0. The topological polar surface area (TPSA) is 0 Å². The molecule has 2 aliphatic carbocycles. The summed E-state index contributed by atoms with van der Waals surface area (Å²) in [7, 11) is 0. The minimum atomic E-state index is 0.609. The second kappa shape index (κ2) is 6.76. The van der Waals surface area contributed by atoms with Gasteiger partial charge in [0.2, 0.25) is 0 Å². The molecule has 1 aromatic carbocycles. The van der Waals surface area contributed by atoms with Gasteiger partial charge in [-0.05, 0) is 53.9 Å². The van der Waals surface area contributed by atoms with Crippen LogP contribution in [0.4, 0.5) is 0 Å². The average molecular weight is 276 g/mol. The zero-order valence-corrected chi connectivity index (χ0v) is 12.9. The second-order valence-corrected chi connectivity index (χ2v) is 6.05. The lowest BCUT2D eigenvalue weighted by Crippen LogP contribution is -2.01. The van der Waals surface area contributed by atoms with Crippen molar-refractivity contribution < 1.29 is 0 Å². The van der Waals surface area contributed by atoms with Crippen molar-refractivity contribution in [1.29, 1.82) is 0 Å². The van der Waals surface area contributed by atoms with Crippen molar-refractivity contribution in [2.45, 2.75) is 39.0 Å². The van der Waals surface area contributed by atoms with E-state index in [2.05, 4.69) is 67.6 Å². The van der Waals surface area contributed by atoms with E-state index in [-0.39, 0.29) is 0 Å². The molecule has 0 saturated heterocycles. The predicted molar refractivity (Wildman–Crippen MR) is 91.2 cm³/mol. The molecule has 0 spiro atoms. The van der Waals surface area contributed by atoms with Gasteiger partial charge in [0.15, 0.2) is 0 Å². The summed E-state index contributed by atoms with van der Waals surface area (Å²) in [5.41, 5.74) is 5.89. The number of aryl methyl sites for hydroxylation is 1. The Bertz CT molecular complexity index is 596. The summed E-state index contributed by atoms with van der Waals surface area (Å²) in [6, 6.07) is 10.8. The van der Waals surface area contributed by atoms with E-state index in [1.165, 1.54) is 54.4 Å². The molecule has 0 fully saturated rings. The normalized spacial score (nSPS) is 19.9. The molecule has 21 heavy (non-hydrogen) atoms. The van der Waals surface area contributed by atoms with Crippen molar-refractivity contribution in [2.24, 2.45) is 5.92 Å². The number of hydrogen-bond donors (Lipinski definition) is 0. The van der Waals surface area contributed by atoms with E-state index in [1.807, 2.05) is 0 Å². The minimum absolute atomic E-state index is 0.609. The van der Waals surface area contributed by atoms with Crippen LogP contribution in [0.1, 0.15) is 38.2 Å². The summed E-state index contributed by atoms with van der Waals surface area (Å²) >= 11 is 0. The fourth-order valence-electron chi connectivity index (χ4n) is 3.26. The highest BCUT2D eigenvalue weighted by atomic mass is 14.2. The summed E-state index contributed by atoms with van der Waals surface area (Å²) in [5, 5.41) is 0. The minimum Gasteiger partial charge on any atom is -0.0770 e. The lowest BCUT2D eigenvalue weighted by molar-refractivity contribution is 0.648. The van der Waals surface area contributed by atoms with Gasteiger partial charge >= 0.3 is 0 Å². The highest BCUT2D eigenvalue weighted by molar-refractivity contribution is 5.60. The largest absolute Gasteiger partial charge is 0.0770 e. The Hall–Kier alpha value is -1.82. The summed E-state index contributed by atoms with van der Waals surface area (Å²) in [5.74, 6) is 0.609. The molecule has 0 aromatic heterocycles. The molecule has 0 aliphatic heterocycles. The van der Waals surface area contributed by atoms with Crippen LogP contribution < -0.4 is 0 Å². The first kappa shape index (κ1) is 14.1. The van der Waals surface area contributed by atoms with E-state index >= 15 is 0 Å². The molecule has 0 amide bonds. The molecule has 0 heterocycles. The van der Waals surface area contributed by atoms with Crippen LogP contribution in [0.25, 0.3) is 0 Å². The fourth-order valence-corrected chi connectivity index (χ4v) is 3.26. The smallest absolute Gasteiger partial charge is 0.00408 e. The van der Waals surface area contributed by atoms with Crippen molar-refractivity contribution in [3.63, 3.8) is 0 Å². The Morgan fingerprint density at radius 2 is 1.81 bits per heavy atom. The molecule has 0 N–H and O–H groups in total. The van der Waals surface area contributed by atoms with Crippen molar-refractivity contribution in [3.8, 4) is 0 Å². The first-order valence-corrected chi connectivity index (χ1v) is 8.22. The van der Waals surface area contributed by atoms with E-state index < -0.39 is 0 Å². The van der Waals surface area contributed by atoms with Gasteiger partial charge in [-0.15, -0.1) is 0 Å². The maximum absolute atomic E-state index is 2.46. The molecule has 0 nitrogen and oxygen atoms in total. The maximum atomic E-state index is 2.46. The maximum Gasteiger partial charge on any atom is -0.00408 e. The third-order valence-electron chi connectivity index (χ3n) is 4.39. The van der Waals surface area contributed by atoms with E-state index in [9.17, 15) is 0 Å². The van der Waals surface area contributed by atoms with Crippen LogP contribution in [-0.4, -0.2) is 0 Å². The zero-order valence-electron chi connectivity index (χ0n) is 12.9. The van der Waals surface area contributed by atoms with Crippen molar-refractivity contribution in [1.82, 2.24) is 0 Å². The van der Waals surface area contributed by atoms with E-state index in [0.717, 1.165) is 0 Å². The quantitative estimate of drug-likeness (QED) is 0.617. The molecular weight excluding hydrogens is 252 g/mol. The first-order chi connectivity index (χ1) is 10.4. The Morgan fingerprint density at radius 1 is 0.952 bits per heavy atom. The highest BCUT2D eigenvalue weighted by Crippen LogP contribution is 2.34. The van der Waals surface area contributed by atoms with Gasteiger partial charge in [-0.1, -0.05) is 74.1 Å². The third kappa shape index (κ3) is 3.44. The predicted octanol–water partition coefficient (Wildman–Crippen LogP) is 5.79. The zero-order chi connectivity index (χ0) is 14.5. The van der Waals surface area contributed by atoms with Crippen LogP contribution in [-0.2, 0) is 6.42 Å². The highest BCUT2D eigenvalue weighted by Gasteiger charge is 2.16. The Morgan fingerprint density at radius 3 is 2.62 bits per heavy atom. The third-order valence-corrected chi connectivity index (χ3v) is 4.39. The Labute approximate surface area is 128 Å². The number of fused-ring (bicyclic) bond motifs is 1. The lowest BCUT2D eigenvalue weighted by Gasteiger charge is -2.16. The van der Waals surface area contributed by atoms with Crippen LogP contribution in [0.2, 0.25) is 0 Å². The Balaban J connectivity index is 1.56. The lowest BCUT2D eigenvalue weighted by atomic mass is 9.89. The van der Waals surface area contributed by atoms with E-state index in [4.69, 9.17) is 0 Å². The number of benzene rings is 1. The van der Waals surface area contributed by atoms with Gasteiger partial charge < -0.3 is 0 Å². The molecule has 2 aliphatic rings. The SMILES string of the molecule is CCCC1=C2C=CC(CCCc3ccccc3)C=C2C=C1. The molecule has 0 radical (unpaired) electrons. The van der Waals surface area contributed by atoms with E-state index in [1.54, 1.807) is 0 Å². The van der Waals surface area contributed by atoms with Crippen molar-refractivity contribution in [2.75, 3.05) is 0 Å². The van der Waals surface area contributed by atoms with Gasteiger partial charge in [0.25, 0.3) is 0 Å². The molecular formula is C21H24. The van der Waals surface area contributed by atoms with Gasteiger partial charge in [-0.25, -0.2) is 0 Å². The van der Waals surface area contributed by atoms with Crippen LogP contribution in [0.5, 0.6) is 0 Å². The van der Waals surface area contributed by atoms with Crippen molar-refractivity contribution >= 4 is 0 Å². The fraction of sp³-hybridized carbons (Fsp3) is 0.333. The van der Waals surface area contributed by atoms with Crippen LogP contribution in [0, 0.1) is 5.92 Å². The molecule has 3 rings (SSSR count). The molecule has 1 atom stereocenters. The number of rotatable bonds is 6. The van der Waals surface area contributed by atoms with Crippen LogP contribution >= 0.6 is 0 Å². The van der Waals surface area contributed by atoms with Gasteiger partial charge in [-0.2, -0.15) is 0 Å². The van der Waals surface area contributed by atoms with Crippen LogP contribution in [0.15, 0.2) is 77.4 Å². The van der Waals surface area contributed by atoms with Crippen LogP contribution in [0.3, 0.4) is 0 Å². The van der Waals surface area contributed by atoms with E-state index in [0.29, 0.717) is 5.92 Å². The van der Waals surface area contributed by atoms with Crippen molar-refractivity contribution in [3.05, 3.63) is 83.0 Å². The first-order valence-electron chi connectivity index (χ1n) is 8.22. The van der Waals surface area contributed by atoms with Gasteiger partial charge in [0.05, 0.1) is 0 Å².